The van der Waals surface area contributed by atoms with E-state index in [9.17, 15) is 13.9 Å². The van der Waals surface area contributed by atoms with E-state index in [0.717, 1.165) is 11.1 Å². The van der Waals surface area contributed by atoms with Crippen molar-refractivity contribution in [2.75, 3.05) is 26.1 Å². The monoisotopic (exact) mass is 470 g/mol. The van der Waals surface area contributed by atoms with Crippen LogP contribution in [0.15, 0.2) is 60.7 Å². The second-order valence-corrected chi connectivity index (χ2v) is 11.7. The number of benzene rings is 2. The highest BCUT2D eigenvalue weighted by Gasteiger charge is 2.25. The molecule has 0 aromatic heterocycles. The molecule has 31 heavy (non-hydrogen) atoms. The summed E-state index contributed by atoms with van der Waals surface area (Å²) < 4.78 is 38.1. The van der Waals surface area contributed by atoms with Gasteiger partial charge in [0.1, 0.15) is 0 Å². The van der Waals surface area contributed by atoms with Gasteiger partial charge in [0.15, 0.2) is 0 Å². The Morgan fingerprint density at radius 1 is 0.903 bits per heavy atom. The van der Waals surface area contributed by atoms with Crippen molar-refractivity contribution in [3.63, 3.8) is 0 Å². The van der Waals surface area contributed by atoms with E-state index in [4.69, 9.17) is 18.7 Å². The summed E-state index contributed by atoms with van der Waals surface area (Å²) in [6.07, 6.45) is 0.207. The van der Waals surface area contributed by atoms with Crippen LogP contribution in [0.4, 0.5) is 0 Å². The first-order chi connectivity index (χ1) is 14.5. The van der Waals surface area contributed by atoms with E-state index in [1.807, 2.05) is 60.7 Å². The minimum absolute atomic E-state index is 0.186. The quantitative estimate of drug-likeness (QED) is 0.370. The maximum atomic E-state index is 12.3. The molecule has 3 unspecified atom stereocenters. The van der Waals surface area contributed by atoms with Gasteiger partial charge < -0.3 is 18.7 Å². The van der Waals surface area contributed by atoms with Gasteiger partial charge in [0, 0.05) is 19.5 Å². The minimum atomic E-state index is -3.33. The maximum Gasteiger partial charge on any atom is 0.325 e. The zero-order chi connectivity index (χ0) is 23.3. The number of hydrogen-bond donors (Lipinski definition) is 1. The number of rotatable bonds is 10. The normalized spacial score (nSPS) is 15.5. The lowest BCUT2D eigenvalue weighted by Gasteiger charge is -2.17. The topological polar surface area (TPSA) is 99.1 Å². The van der Waals surface area contributed by atoms with Crippen LogP contribution in [-0.2, 0) is 40.9 Å². The largest absolute Gasteiger partial charge is 0.466 e. The average molecular weight is 470 g/mol. The van der Waals surface area contributed by atoms with Crippen LogP contribution >= 0.6 is 15.0 Å². The van der Waals surface area contributed by atoms with Crippen LogP contribution in [0.5, 0.6) is 0 Å². The van der Waals surface area contributed by atoms with Crippen molar-refractivity contribution in [1.29, 1.82) is 0 Å². The van der Waals surface area contributed by atoms with E-state index in [1.165, 1.54) is 6.66 Å². The predicted molar refractivity (Wildman–Crippen MR) is 122 cm³/mol. The van der Waals surface area contributed by atoms with Gasteiger partial charge in [0.25, 0.3) is 0 Å². The molecule has 7 nitrogen and oxygen atoms in total. The van der Waals surface area contributed by atoms with Crippen LogP contribution in [0.2, 0.25) is 0 Å². The fourth-order valence-corrected chi connectivity index (χ4v) is 4.52. The SMILES string of the molecule is CCOC(=O)C(C)CP(C)(=O)OCc1ccccc1.CP(=O)(O)OCc1ccccc1. The molecule has 0 aliphatic heterocycles. The van der Waals surface area contributed by atoms with Gasteiger partial charge >= 0.3 is 13.6 Å². The molecule has 1 N–H and O–H groups in total. The molecule has 0 aliphatic carbocycles. The Morgan fingerprint density at radius 2 is 1.35 bits per heavy atom. The Hall–Kier alpha value is -1.75. The zero-order valence-electron chi connectivity index (χ0n) is 18.5. The maximum absolute atomic E-state index is 12.3. The van der Waals surface area contributed by atoms with Crippen molar-refractivity contribution >= 4 is 20.9 Å². The summed E-state index contributed by atoms with van der Waals surface area (Å²) >= 11 is 0. The summed E-state index contributed by atoms with van der Waals surface area (Å²) in [6, 6.07) is 18.8. The van der Waals surface area contributed by atoms with E-state index in [1.54, 1.807) is 20.5 Å². The number of ether oxygens (including phenoxy) is 1. The summed E-state index contributed by atoms with van der Waals surface area (Å²) in [4.78, 5) is 20.3. The first kappa shape index (κ1) is 27.3. The molecular formula is C22H32O7P2. The number of carbonyl (C=O) groups excluding carboxylic acids is 1. The standard InChI is InChI=1S/C14H21O4P.C8H11O3P/c1-4-17-14(15)12(2)11-19(3,16)18-10-13-8-6-5-7-9-13;1-12(9,10)11-7-8-5-3-2-4-6-8/h5-9,12H,4,10-11H2,1-3H3;2-6H,7H2,1H3,(H,9,10). The van der Waals surface area contributed by atoms with E-state index >= 15 is 0 Å². The summed E-state index contributed by atoms with van der Waals surface area (Å²) in [7, 11) is -6.12. The molecule has 0 heterocycles. The highest BCUT2D eigenvalue weighted by molar-refractivity contribution is 7.58. The van der Waals surface area contributed by atoms with Gasteiger partial charge in [-0.05, 0) is 18.1 Å². The molecule has 2 aromatic rings. The first-order valence-corrected chi connectivity index (χ1v) is 14.2. The molecule has 0 fully saturated rings. The Balaban J connectivity index is 0.000000343. The van der Waals surface area contributed by atoms with Gasteiger partial charge in [-0.1, -0.05) is 67.6 Å². The average Bonchev–Trinajstić information content (AvgIpc) is 2.72. The third-order valence-electron chi connectivity index (χ3n) is 3.96. The van der Waals surface area contributed by atoms with Gasteiger partial charge in [-0.15, -0.1) is 0 Å². The first-order valence-electron chi connectivity index (χ1n) is 9.93. The van der Waals surface area contributed by atoms with Crippen LogP contribution in [0.3, 0.4) is 0 Å². The molecule has 3 atom stereocenters. The van der Waals surface area contributed by atoms with Gasteiger partial charge in [-0.25, -0.2) is 0 Å². The van der Waals surface area contributed by atoms with E-state index in [0.29, 0.717) is 13.2 Å². The predicted octanol–water partition coefficient (Wildman–Crippen LogP) is 5.33. The molecule has 9 heteroatoms. The van der Waals surface area contributed by atoms with Crippen molar-refractivity contribution in [3.8, 4) is 0 Å². The van der Waals surface area contributed by atoms with Gasteiger partial charge in [0.2, 0.25) is 7.37 Å². The Labute approximate surface area is 184 Å². The van der Waals surface area contributed by atoms with Gasteiger partial charge in [-0.3, -0.25) is 13.9 Å². The zero-order valence-corrected chi connectivity index (χ0v) is 20.3. The fraction of sp³-hybridized carbons (Fsp3) is 0.409. The molecule has 2 aromatic carbocycles. The number of hydrogen-bond acceptors (Lipinski definition) is 6. The van der Waals surface area contributed by atoms with Crippen LogP contribution in [0.1, 0.15) is 25.0 Å². The second kappa shape index (κ2) is 13.6. The number of carbonyl (C=O) groups is 1. The van der Waals surface area contributed by atoms with Gasteiger partial charge in [0.05, 0.1) is 25.7 Å². The molecule has 2 rings (SSSR count). The Morgan fingerprint density at radius 3 is 1.77 bits per heavy atom. The molecule has 172 valence electrons. The second-order valence-electron chi connectivity index (χ2n) is 7.17. The lowest BCUT2D eigenvalue weighted by Crippen LogP contribution is -2.18. The van der Waals surface area contributed by atoms with Gasteiger partial charge in [-0.2, -0.15) is 0 Å². The van der Waals surface area contributed by atoms with Crippen molar-refractivity contribution < 1.29 is 32.6 Å². The molecule has 0 saturated heterocycles. The molecular weight excluding hydrogens is 438 g/mol. The highest BCUT2D eigenvalue weighted by Crippen LogP contribution is 2.45. The molecule has 0 bridgehead atoms. The third kappa shape index (κ3) is 13.3. The summed E-state index contributed by atoms with van der Waals surface area (Å²) in [5, 5.41) is 0. The molecule has 0 saturated carbocycles. The van der Waals surface area contributed by atoms with Crippen molar-refractivity contribution in [1.82, 2.24) is 0 Å². The van der Waals surface area contributed by atoms with E-state index in [2.05, 4.69) is 0 Å². The van der Waals surface area contributed by atoms with E-state index < -0.39 is 20.9 Å². The summed E-state index contributed by atoms with van der Waals surface area (Å²) in [5.74, 6) is -0.737. The molecule has 0 spiro atoms. The smallest absolute Gasteiger partial charge is 0.325 e. The van der Waals surface area contributed by atoms with Crippen LogP contribution in [0, 0.1) is 5.92 Å². The lowest BCUT2D eigenvalue weighted by molar-refractivity contribution is -0.146. The Kier molecular flexibility index (Phi) is 12.0. The van der Waals surface area contributed by atoms with Crippen LogP contribution in [-0.4, -0.2) is 37.0 Å². The lowest BCUT2D eigenvalue weighted by atomic mass is 10.2. The van der Waals surface area contributed by atoms with Crippen molar-refractivity contribution in [2.24, 2.45) is 5.92 Å². The third-order valence-corrected chi connectivity index (χ3v) is 6.45. The van der Waals surface area contributed by atoms with Crippen molar-refractivity contribution in [2.45, 2.75) is 27.1 Å². The molecule has 0 radical (unpaired) electrons. The number of esters is 1. The molecule has 0 aliphatic rings. The van der Waals surface area contributed by atoms with Crippen molar-refractivity contribution in [3.05, 3.63) is 71.8 Å². The van der Waals surface area contributed by atoms with E-state index in [-0.39, 0.29) is 18.7 Å². The highest BCUT2D eigenvalue weighted by atomic mass is 31.2. The van der Waals surface area contributed by atoms with Crippen LogP contribution in [0.25, 0.3) is 0 Å². The minimum Gasteiger partial charge on any atom is -0.466 e. The molecule has 0 amide bonds. The fourth-order valence-electron chi connectivity index (χ4n) is 2.46. The summed E-state index contributed by atoms with van der Waals surface area (Å²) in [5.41, 5.74) is 1.86. The summed E-state index contributed by atoms with van der Waals surface area (Å²) in [6.45, 7) is 7.01. The Bertz CT molecular complexity index is 866. The van der Waals surface area contributed by atoms with Crippen LogP contribution < -0.4 is 0 Å².